The van der Waals surface area contributed by atoms with E-state index in [2.05, 4.69) is 16.9 Å². The first kappa shape index (κ1) is 26.5. The van der Waals surface area contributed by atoms with Crippen LogP contribution in [0.2, 0.25) is 0 Å². The van der Waals surface area contributed by atoms with Crippen molar-refractivity contribution in [1.29, 1.82) is 0 Å². The number of carboxylic acids is 2. The first-order valence-electron chi connectivity index (χ1n) is 9.31. The second-order valence-electron chi connectivity index (χ2n) is 5.80. The number of nitrogens with zero attached hydrogens (tertiary/aromatic N) is 3. The highest BCUT2D eigenvalue weighted by molar-refractivity contribution is 5.89. The van der Waals surface area contributed by atoms with Crippen molar-refractivity contribution in [2.45, 2.75) is 38.7 Å². The van der Waals surface area contributed by atoms with Gasteiger partial charge >= 0.3 is 11.9 Å². The van der Waals surface area contributed by atoms with E-state index in [4.69, 9.17) is 14.9 Å². The van der Waals surface area contributed by atoms with E-state index < -0.39 is 11.9 Å². The van der Waals surface area contributed by atoms with Crippen molar-refractivity contribution in [2.75, 3.05) is 7.11 Å². The van der Waals surface area contributed by atoms with E-state index in [1.54, 1.807) is 38.0 Å². The molecule has 164 valence electrons. The fourth-order valence-corrected chi connectivity index (χ4v) is 1.87. The molecule has 0 amide bonds. The number of aliphatic hydroxyl groups excluding tert-OH is 1. The molecule has 0 fully saturated rings. The molecular formula is C21H29N3O6. The van der Waals surface area contributed by atoms with E-state index in [0.29, 0.717) is 18.0 Å². The number of ether oxygens (including phenoxy) is 1. The van der Waals surface area contributed by atoms with Crippen molar-refractivity contribution in [2.24, 2.45) is 0 Å². The van der Waals surface area contributed by atoms with Gasteiger partial charge in [-0.3, -0.25) is 0 Å². The lowest BCUT2D eigenvalue weighted by atomic mass is 10.1. The van der Waals surface area contributed by atoms with Crippen molar-refractivity contribution < 1.29 is 29.6 Å². The Morgan fingerprint density at radius 3 is 2.30 bits per heavy atom. The molecule has 2 rings (SSSR count). The third kappa shape index (κ3) is 16.7. The third-order valence-electron chi connectivity index (χ3n) is 3.32. The number of unbranched alkanes of at least 4 members (excludes halogenated alkanes) is 2. The topological polar surface area (TPSA) is 135 Å². The molecule has 0 aliphatic heterocycles. The number of hydrogen-bond donors (Lipinski definition) is 3. The third-order valence-corrected chi connectivity index (χ3v) is 3.32. The molecule has 1 unspecified atom stereocenters. The molecule has 2 aromatic rings. The lowest BCUT2D eigenvalue weighted by molar-refractivity contribution is -0.134. The molecule has 2 aromatic heterocycles. The van der Waals surface area contributed by atoms with Gasteiger partial charge in [-0.1, -0.05) is 32.3 Å². The summed E-state index contributed by atoms with van der Waals surface area (Å²) >= 11 is 0. The van der Waals surface area contributed by atoms with Crippen molar-refractivity contribution in [1.82, 2.24) is 14.5 Å². The minimum absolute atomic E-state index is 0.330. The maximum Gasteiger partial charge on any atom is 0.328 e. The average molecular weight is 419 g/mol. The quantitative estimate of drug-likeness (QED) is 0.417. The largest absolute Gasteiger partial charge is 0.481 e. The maximum absolute atomic E-state index is 9.55. The van der Waals surface area contributed by atoms with Gasteiger partial charge in [0.05, 0.1) is 19.5 Å². The second-order valence-corrected chi connectivity index (χ2v) is 5.80. The van der Waals surface area contributed by atoms with Crippen LogP contribution in [0, 0.1) is 0 Å². The van der Waals surface area contributed by atoms with Gasteiger partial charge in [-0.25, -0.2) is 19.6 Å². The molecular weight excluding hydrogens is 390 g/mol. The number of carbonyl (C=O) groups is 2. The minimum Gasteiger partial charge on any atom is -0.481 e. The molecule has 9 nitrogen and oxygen atoms in total. The maximum atomic E-state index is 9.55. The van der Waals surface area contributed by atoms with Gasteiger partial charge in [0.15, 0.2) is 0 Å². The number of carboxylic acid groups (broad SMARTS) is 2. The summed E-state index contributed by atoms with van der Waals surface area (Å²) in [6.45, 7) is 2.16. The van der Waals surface area contributed by atoms with Crippen molar-refractivity contribution in [3.05, 3.63) is 61.3 Å². The first-order valence-corrected chi connectivity index (χ1v) is 9.31. The zero-order valence-electron chi connectivity index (χ0n) is 17.2. The first-order chi connectivity index (χ1) is 14.4. The number of pyridine rings is 1. The van der Waals surface area contributed by atoms with Gasteiger partial charge in [-0.15, -0.1) is 0 Å². The fourth-order valence-electron chi connectivity index (χ4n) is 1.87. The Morgan fingerprint density at radius 2 is 1.87 bits per heavy atom. The summed E-state index contributed by atoms with van der Waals surface area (Å²) < 4.78 is 6.63. The van der Waals surface area contributed by atoms with Crippen LogP contribution in [0.4, 0.5) is 0 Å². The molecule has 0 aliphatic rings. The van der Waals surface area contributed by atoms with Crippen molar-refractivity contribution in [3.63, 3.8) is 0 Å². The highest BCUT2D eigenvalue weighted by Crippen LogP contribution is 2.04. The molecule has 3 N–H and O–H groups in total. The lowest BCUT2D eigenvalue weighted by Gasteiger charge is -2.03. The Labute approximate surface area is 176 Å². The Balaban J connectivity index is 0.000000451. The summed E-state index contributed by atoms with van der Waals surface area (Å²) in [6, 6.07) is 5.54. The summed E-state index contributed by atoms with van der Waals surface area (Å²) in [6.07, 6.45) is 15.7. The monoisotopic (exact) mass is 419 g/mol. The van der Waals surface area contributed by atoms with Crippen molar-refractivity contribution >= 4 is 18.1 Å². The van der Waals surface area contributed by atoms with E-state index >= 15 is 0 Å². The van der Waals surface area contributed by atoms with Gasteiger partial charge in [-0.05, 0) is 18.6 Å². The molecule has 0 saturated carbocycles. The van der Waals surface area contributed by atoms with Crippen molar-refractivity contribution in [3.8, 4) is 5.88 Å². The summed E-state index contributed by atoms with van der Waals surface area (Å²) in [5.41, 5.74) is 0. The van der Waals surface area contributed by atoms with E-state index in [0.717, 1.165) is 12.8 Å². The van der Waals surface area contributed by atoms with Crippen LogP contribution in [0.3, 0.4) is 0 Å². The number of rotatable bonds is 9. The Kier molecular flexibility index (Phi) is 15.6. The SMILES string of the molecule is CCCCCC(O)/C=C/n1ccnc1.COc1ccccn1.O=C(O)/C=C/C(=O)O. The summed E-state index contributed by atoms with van der Waals surface area (Å²) in [7, 11) is 1.60. The van der Waals surface area contributed by atoms with Gasteiger partial charge in [0, 0.05) is 43.0 Å². The molecule has 0 saturated heterocycles. The molecule has 1 atom stereocenters. The second kappa shape index (κ2) is 17.6. The summed E-state index contributed by atoms with van der Waals surface area (Å²) in [5.74, 6) is -1.85. The number of aromatic nitrogens is 3. The molecule has 9 heteroatoms. The smallest absolute Gasteiger partial charge is 0.328 e. The highest BCUT2D eigenvalue weighted by atomic mass is 16.5. The van der Waals surface area contributed by atoms with E-state index in [1.165, 1.54) is 12.8 Å². The zero-order valence-corrected chi connectivity index (χ0v) is 17.2. The van der Waals surface area contributed by atoms with Crippen LogP contribution >= 0.6 is 0 Å². The van der Waals surface area contributed by atoms with Gasteiger partial charge in [0.25, 0.3) is 0 Å². The van der Waals surface area contributed by atoms with Crippen LogP contribution in [0.25, 0.3) is 6.20 Å². The fraction of sp³-hybridized carbons (Fsp3) is 0.333. The normalized spacial score (nSPS) is 11.2. The Bertz CT molecular complexity index is 729. The average Bonchev–Trinajstić information content (AvgIpc) is 3.26. The van der Waals surface area contributed by atoms with E-state index in [-0.39, 0.29) is 6.10 Å². The van der Waals surface area contributed by atoms with E-state index in [1.807, 2.05) is 29.1 Å². The minimum atomic E-state index is -1.26. The van der Waals surface area contributed by atoms with Gasteiger partial charge < -0.3 is 24.6 Å². The Morgan fingerprint density at radius 1 is 1.17 bits per heavy atom. The predicted octanol–water partition coefficient (Wildman–Crippen LogP) is 3.10. The van der Waals surface area contributed by atoms with Gasteiger partial charge in [0.1, 0.15) is 0 Å². The van der Waals surface area contributed by atoms with Gasteiger partial charge in [-0.2, -0.15) is 0 Å². The van der Waals surface area contributed by atoms with Crippen LogP contribution in [0.1, 0.15) is 32.6 Å². The zero-order chi connectivity index (χ0) is 22.6. The summed E-state index contributed by atoms with van der Waals surface area (Å²) in [5, 5.41) is 25.2. The number of hydrogen-bond acceptors (Lipinski definition) is 6. The lowest BCUT2D eigenvalue weighted by Crippen LogP contribution is -2.01. The summed E-state index contributed by atoms with van der Waals surface area (Å²) in [4.78, 5) is 26.9. The van der Waals surface area contributed by atoms with Gasteiger partial charge in [0.2, 0.25) is 5.88 Å². The molecule has 30 heavy (non-hydrogen) atoms. The predicted molar refractivity (Wildman–Crippen MR) is 113 cm³/mol. The van der Waals surface area contributed by atoms with E-state index in [9.17, 15) is 14.7 Å². The molecule has 0 spiro atoms. The van der Waals surface area contributed by atoms with Crippen LogP contribution < -0.4 is 4.74 Å². The van der Waals surface area contributed by atoms with Crippen LogP contribution in [0.5, 0.6) is 5.88 Å². The molecule has 0 aliphatic carbocycles. The van der Waals surface area contributed by atoms with Crippen LogP contribution in [-0.4, -0.2) is 55.0 Å². The molecule has 0 bridgehead atoms. The number of aliphatic hydroxyl groups is 1. The Hall–Kier alpha value is -3.46. The number of methoxy groups -OCH3 is 1. The molecule has 0 aromatic carbocycles. The highest BCUT2D eigenvalue weighted by Gasteiger charge is 1.97. The number of aliphatic carboxylic acids is 2. The van der Waals surface area contributed by atoms with Crippen LogP contribution in [0.15, 0.2) is 61.3 Å². The number of imidazole rings is 1. The molecule has 2 heterocycles. The molecule has 0 radical (unpaired) electrons. The van der Waals surface area contributed by atoms with Crippen LogP contribution in [-0.2, 0) is 9.59 Å². The standard InChI is InChI=1S/C11H18N2O.C6H7NO.C4H4O4/c1-2-3-4-5-11(14)6-8-13-9-7-12-10-13;1-8-6-4-2-3-5-7-6;5-3(6)1-2-4(7)8/h6-11,14H,2-5H2,1H3;2-5H,1H3;1-2H,(H,5,6)(H,7,8)/b8-6+;;2-1+.